The summed E-state index contributed by atoms with van der Waals surface area (Å²) in [4.78, 5) is 21.9. The summed E-state index contributed by atoms with van der Waals surface area (Å²) in [6.07, 6.45) is 0. The predicted octanol–water partition coefficient (Wildman–Crippen LogP) is 2.21. The molecule has 7 nitrogen and oxygen atoms in total. The molecule has 0 radical (unpaired) electrons. The van der Waals surface area contributed by atoms with Crippen LogP contribution in [0.15, 0.2) is 53.4 Å². The van der Waals surface area contributed by atoms with E-state index in [9.17, 15) is 27.7 Å². The van der Waals surface area contributed by atoms with Crippen LogP contribution in [0, 0.1) is 15.9 Å². The van der Waals surface area contributed by atoms with Crippen LogP contribution in [-0.4, -0.2) is 24.5 Å². The van der Waals surface area contributed by atoms with Crippen LogP contribution in [0.5, 0.6) is 0 Å². The molecule has 132 valence electrons. The summed E-state index contributed by atoms with van der Waals surface area (Å²) < 4.78 is 37.7. The van der Waals surface area contributed by atoms with Crippen molar-refractivity contribution < 1.29 is 22.5 Å². The highest BCUT2D eigenvalue weighted by molar-refractivity contribution is 7.92. The van der Waals surface area contributed by atoms with Crippen molar-refractivity contribution in [2.75, 3.05) is 0 Å². The molecule has 1 amide bonds. The largest absolute Gasteiger partial charge is 0.351 e. The second-order valence-electron chi connectivity index (χ2n) is 5.28. The van der Waals surface area contributed by atoms with Crippen LogP contribution < -0.4 is 5.32 Å². The number of rotatable bonds is 6. The molecule has 0 aromatic heterocycles. The Hall–Kier alpha value is -2.81. The number of nitro benzene ring substituents is 1. The number of amides is 1. The van der Waals surface area contributed by atoms with E-state index >= 15 is 0 Å². The van der Waals surface area contributed by atoms with Gasteiger partial charge in [0.25, 0.3) is 5.69 Å². The molecule has 0 spiro atoms. The number of carbonyl (C=O) groups excluding carboxylic acids is 1. The topological polar surface area (TPSA) is 106 Å². The van der Waals surface area contributed by atoms with Crippen LogP contribution in [0.25, 0.3) is 0 Å². The van der Waals surface area contributed by atoms with E-state index in [4.69, 9.17) is 0 Å². The number of sulfone groups is 1. The number of hydrogen-bond acceptors (Lipinski definition) is 5. The maximum absolute atomic E-state index is 12.8. The molecule has 0 bridgehead atoms. The molecule has 2 aromatic rings. The van der Waals surface area contributed by atoms with E-state index in [0.717, 1.165) is 24.3 Å². The zero-order valence-corrected chi connectivity index (χ0v) is 14.0. The molecule has 0 fully saturated rings. The Kier molecular flexibility index (Phi) is 5.48. The Balaban J connectivity index is 2.08. The fraction of sp³-hybridized carbons (Fsp3) is 0.188. The molecule has 1 N–H and O–H groups in total. The molecule has 0 saturated heterocycles. The van der Waals surface area contributed by atoms with Crippen molar-refractivity contribution in [3.05, 3.63) is 70.0 Å². The first-order chi connectivity index (χ1) is 11.7. The van der Waals surface area contributed by atoms with Crippen LogP contribution in [0.1, 0.15) is 12.5 Å². The van der Waals surface area contributed by atoms with Gasteiger partial charge in [0, 0.05) is 18.7 Å². The predicted molar refractivity (Wildman–Crippen MR) is 88.0 cm³/mol. The summed E-state index contributed by atoms with van der Waals surface area (Å²) in [6, 6.07) is 9.74. The monoisotopic (exact) mass is 366 g/mol. The Morgan fingerprint density at radius 2 is 1.72 bits per heavy atom. The Morgan fingerprint density at radius 3 is 2.24 bits per heavy atom. The van der Waals surface area contributed by atoms with Crippen molar-refractivity contribution in [3.8, 4) is 0 Å². The van der Waals surface area contributed by atoms with Crippen molar-refractivity contribution in [3.63, 3.8) is 0 Å². The third-order valence-corrected chi connectivity index (χ3v) is 5.66. The fourth-order valence-corrected chi connectivity index (χ4v) is 3.33. The van der Waals surface area contributed by atoms with E-state index in [2.05, 4.69) is 5.32 Å². The number of nitro groups is 1. The van der Waals surface area contributed by atoms with Crippen LogP contribution in [-0.2, 0) is 21.2 Å². The number of carbonyl (C=O) groups is 1. The van der Waals surface area contributed by atoms with Gasteiger partial charge in [-0.2, -0.15) is 0 Å². The van der Waals surface area contributed by atoms with Crippen molar-refractivity contribution in [2.24, 2.45) is 0 Å². The molecule has 0 unspecified atom stereocenters. The standard InChI is InChI=1S/C16H15FN2O5S/c1-11(16(20)18-10-12-2-4-13(17)5-3-12)25(23,24)15-8-6-14(7-9-15)19(21)22/h2-9,11H,10H2,1H3,(H,18,20)/t11-/m1/s1. The minimum absolute atomic E-state index is 0.0548. The summed E-state index contributed by atoms with van der Waals surface area (Å²) in [7, 11) is -3.99. The van der Waals surface area contributed by atoms with Crippen LogP contribution in [0.3, 0.4) is 0 Å². The van der Waals surface area contributed by atoms with E-state index in [1.165, 1.54) is 31.2 Å². The van der Waals surface area contributed by atoms with Crippen LogP contribution in [0.2, 0.25) is 0 Å². The average Bonchev–Trinajstić information content (AvgIpc) is 2.60. The van der Waals surface area contributed by atoms with Gasteiger partial charge in [0.1, 0.15) is 11.1 Å². The summed E-state index contributed by atoms with van der Waals surface area (Å²) in [5, 5.41) is 11.7. The first-order valence-corrected chi connectivity index (χ1v) is 8.77. The number of halogens is 1. The van der Waals surface area contributed by atoms with Gasteiger partial charge >= 0.3 is 0 Å². The molecule has 25 heavy (non-hydrogen) atoms. The lowest BCUT2D eigenvalue weighted by atomic mass is 10.2. The van der Waals surface area contributed by atoms with Crippen molar-refractivity contribution in [1.82, 2.24) is 5.32 Å². The van der Waals surface area contributed by atoms with E-state index < -0.39 is 31.7 Å². The smallest absolute Gasteiger partial charge is 0.269 e. The number of nitrogens with one attached hydrogen (secondary N) is 1. The summed E-state index contributed by atoms with van der Waals surface area (Å²) in [6.45, 7) is 1.29. The van der Waals surface area contributed by atoms with Gasteiger partial charge in [-0.15, -0.1) is 0 Å². The SMILES string of the molecule is C[C@H](C(=O)NCc1ccc(F)cc1)S(=O)(=O)c1ccc([N+](=O)[O-])cc1. The van der Waals surface area contributed by atoms with Crippen molar-refractivity contribution >= 4 is 21.4 Å². The minimum Gasteiger partial charge on any atom is -0.351 e. The van der Waals surface area contributed by atoms with Gasteiger partial charge in [-0.25, -0.2) is 12.8 Å². The first kappa shape index (κ1) is 18.5. The molecule has 0 aliphatic heterocycles. The fourth-order valence-electron chi connectivity index (χ4n) is 2.04. The number of non-ortho nitro benzene ring substituents is 1. The quantitative estimate of drug-likeness (QED) is 0.623. The summed E-state index contributed by atoms with van der Waals surface area (Å²) in [5.41, 5.74) is 0.377. The highest BCUT2D eigenvalue weighted by atomic mass is 32.2. The summed E-state index contributed by atoms with van der Waals surface area (Å²) in [5.74, 6) is -1.13. The lowest BCUT2D eigenvalue weighted by Crippen LogP contribution is -2.37. The van der Waals surface area contributed by atoms with Crippen LogP contribution >= 0.6 is 0 Å². The number of benzene rings is 2. The molecule has 0 heterocycles. The maximum Gasteiger partial charge on any atom is 0.269 e. The summed E-state index contributed by atoms with van der Waals surface area (Å²) >= 11 is 0. The first-order valence-electron chi connectivity index (χ1n) is 7.22. The minimum atomic E-state index is -3.99. The van der Waals surface area contributed by atoms with Gasteiger partial charge in [-0.1, -0.05) is 12.1 Å². The zero-order chi connectivity index (χ0) is 18.6. The highest BCUT2D eigenvalue weighted by Crippen LogP contribution is 2.20. The van der Waals surface area contributed by atoms with E-state index in [1.54, 1.807) is 0 Å². The molecule has 9 heteroatoms. The van der Waals surface area contributed by atoms with Gasteiger partial charge in [0.2, 0.25) is 5.91 Å². The molecule has 1 atom stereocenters. The lowest BCUT2D eigenvalue weighted by molar-refractivity contribution is -0.384. The third kappa shape index (κ3) is 4.38. The van der Waals surface area contributed by atoms with Gasteiger partial charge in [-0.3, -0.25) is 14.9 Å². The molecular formula is C16H15FN2O5S. The molecule has 2 aromatic carbocycles. The van der Waals surface area contributed by atoms with E-state index in [1.807, 2.05) is 0 Å². The van der Waals surface area contributed by atoms with E-state index in [0.29, 0.717) is 5.56 Å². The van der Waals surface area contributed by atoms with Gasteiger partial charge < -0.3 is 5.32 Å². The normalized spacial score (nSPS) is 12.4. The van der Waals surface area contributed by atoms with Crippen molar-refractivity contribution in [2.45, 2.75) is 23.6 Å². The Bertz CT molecular complexity index is 880. The molecule has 0 saturated carbocycles. The highest BCUT2D eigenvalue weighted by Gasteiger charge is 2.29. The second-order valence-corrected chi connectivity index (χ2v) is 7.55. The third-order valence-electron chi connectivity index (χ3n) is 3.59. The van der Waals surface area contributed by atoms with E-state index in [-0.39, 0.29) is 17.1 Å². The molecular weight excluding hydrogens is 351 g/mol. The average molecular weight is 366 g/mol. The van der Waals surface area contributed by atoms with Gasteiger partial charge in [0.15, 0.2) is 9.84 Å². The number of nitrogens with zero attached hydrogens (tertiary/aromatic N) is 1. The van der Waals surface area contributed by atoms with Gasteiger partial charge in [0.05, 0.1) is 9.82 Å². The second kappa shape index (κ2) is 7.39. The maximum atomic E-state index is 12.8. The molecule has 0 aliphatic carbocycles. The zero-order valence-electron chi connectivity index (χ0n) is 13.2. The van der Waals surface area contributed by atoms with Crippen molar-refractivity contribution in [1.29, 1.82) is 0 Å². The lowest BCUT2D eigenvalue weighted by Gasteiger charge is -2.13. The molecule has 0 aliphatic rings. The van der Waals surface area contributed by atoms with Crippen LogP contribution in [0.4, 0.5) is 10.1 Å². The number of hydrogen-bond donors (Lipinski definition) is 1. The van der Waals surface area contributed by atoms with Gasteiger partial charge in [-0.05, 0) is 36.8 Å². The Labute approximate surface area is 143 Å². The Morgan fingerprint density at radius 1 is 1.16 bits per heavy atom. The molecule has 2 rings (SSSR count).